The van der Waals surface area contributed by atoms with Crippen LogP contribution in [0.2, 0.25) is 0 Å². The molecule has 90 valence electrons. The van der Waals surface area contributed by atoms with Crippen LogP contribution in [0.5, 0.6) is 0 Å². The minimum atomic E-state index is 0.262. The molecule has 1 aliphatic rings. The molecule has 1 saturated heterocycles. The van der Waals surface area contributed by atoms with Crippen molar-refractivity contribution in [2.45, 2.75) is 38.5 Å². The summed E-state index contributed by atoms with van der Waals surface area (Å²) in [4.78, 5) is 0. The van der Waals surface area contributed by atoms with Crippen molar-refractivity contribution in [1.29, 1.82) is 0 Å². The Bertz CT molecular complexity index is 305. The highest BCUT2D eigenvalue weighted by molar-refractivity contribution is 5.11. The lowest BCUT2D eigenvalue weighted by Gasteiger charge is -2.21. The first kappa shape index (κ1) is 11.6. The van der Waals surface area contributed by atoms with Gasteiger partial charge in [-0.25, -0.2) is 0 Å². The molecule has 0 spiro atoms. The number of hydrogen-bond acceptors (Lipinski definition) is 4. The van der Waals surface area contributed by atoms with Crippen LogP contribution in [-0.4, -0.2) is 19.3 Å². The topological polar surface area (TPSA) is 57.6 Å². The molecule has 0 radical (unpaired) electrons. The fourth-order valence-corrected chi connectivity index (χ4v) is 1.84. The second kappa shape index (κ2) is 6.03. The molecular formula is C12H19NO3. The van der Waals surface area contributed by atoms with E-state index in [1.54, 1.807) is 6.26 Å². The Morgan fingerprint density at radius 3 is 3.06 bits per heavy atom. The van der Waals surface area contributed by atoms with Crippen LogP contribution in [0, 0.1) is 0 Å². The Hall–Kier alpha value is -0.840. The predicted octanol–water partition coefficient (Wildman–Crippen LogP) is 1.82. The standard InChI is InChI=1S/C12H19NO3/c13-6-10-5-12(16-7-10)9-14-8-11-3-1-2-4-15-11/h5,7,11H,1-4,6,8-9,13H2. The molecule has 1 atom stereocenters. The molecule has 0 amide bonds. The van der Waals surface area contributed by atoms with Crippen molar-refractivity contribution < 1.29 is 13.9 Å². The Kier molecular flexibility index (Phi) is 4.39. The van der Waals surface area contributed by atoms with Gasteiger partial charge in [0.15, 0.2) is 0 Å². The summed E-state index contributed by atoms with van der Waals surface area (Å²) in [5.41, 5.74) is 6.49. The molecule has 4 nitrogen and oxygen atoms in total. The molecule has 1 aromatic heterocycles. The Balaban J connectivity index is 1.66. The molecule has 1 fully saturated rings. The highest BCUT2D eigenvalue weighted by atomic mass is 16.5. The highest BCUT2D eigenvalue weighted by Gasteiger charge is 2.13. The first-order valence-electron chi connectivity index (χ1n) is 5.84. The van der Waals surface area contributed by atoms with Crippen LogP contribution in [0.15, 0.2) is 16.7 Å². The minimum Gasteiger partial charge on any atom is -0.467 e. The molecule has 1 aromatic rings. The van der Waals surface area contributed by atoms with Gasteiger partial charge in [-0.05, 0) is 25.3 Å². The maximum absolute atomic E-state index is 5.57. The normalized spacial score (nSPS) is 21.2. The largest absolute Gasteiger partial charge is 0.467 e. The van der Waals surface area contributed by atoms with Crippen molar-refractivity contribution in [3.05, 3.63) is 23.7 Å². The van der Waals surface area contributed by atoms with Crippen molar-refractivity contribution in [2.24, 2.45) is 5.73 Å². The number of rotatable bonds is 5. The van der Waals surface area contributed by atoms with Gasteiger partial charge < -0.3 is 19.6 Å². The van der Waals surface area contributed by atoms with E-state index in [1.807, 2.05) is 6.07 Å². The molecular weight excluding hydrogens is 206 g/mol. The van der Waals surface area contributed by atoms with E-state index >= 15 is 0 Å². The number of nitrogens with two attached hydrogens (primary N) is 1. The summed E-state index contributed by atoms with van der Waals surface area (Å²) >= 11 is 0. The van der Waals surface area contributed by atoms with E-state index in [2.05, 4.69) is 0 Å². The third kappa shape index (κ3) is 3.33. The van der Waals surface area contributed by atoms with Crippen molar-refractivity contribution in [2.75, 3.05) is 13.2 Å². The zero-order chi connectivity index (χ0) is 11.2. The van der Waals surface area contributed by atoms with Crippen molar-refractivity contribution in [3.8, 4) is 0 Å². The van der Waals surface area contributed by atoms with Gasteiger partial charge in [0, 0.05) is 18.7 Å². The van der Waals surface area contributed by atoms with Crippen LogP contribution in [-0.2, 0) is 22.6 Å². The van der Waals surface area contributed by atoms with Gasteiger partial charge in [0.2, 0.25) is 0 Å². The van der Waals surface area contributed by atoms with Gasteiger partial charge in [-0.2, -0.15) is 0 Å². The van der Waals surface area contributed by atoms with Gasteiger partial charge in [-0.3, -0.25) is 0 Å². The fraction of sp³-hybridized carbons (Fsp3) is 0.667. The molecule has 1 unspecified atom stereocenters. The van der Waals surface area contributed by atoms with E-state index in [0.717, 1.165) is 24.4 Å². The molecule has 16 heavy (non-hydrogen) atoms. The lowest BCUT2D eigenvalue weighted by molar-refractivity contribution is -0.0472. The van der Waals surface area contributed by atoms with Crippen LogP contribution < -0.4 is 5.73 Å². The molecule has 2 heterocycles. The second-order valence-corrected chi connectivity index (χ2v) is 4.13. The molecule has 1 aliphatic heterocycles. The van der Waals surface area contributed by atoms with Crippen molar-refractivity contribution in [1.82, 2.24) is 0 Å². The summed E-state index contributed by atoms with van der Waals surface area (Å²) in [6.45, 7) is 2.53. The van der Waals surface area contributed by atoms with Gasteiger partial charge in [0.05, 0.1) is 19.0 Å². The average Bonchev–Trinajstić information content (AvgIpc) is 2.78. The summed E-state index contributed by atoms with van der Waals surface area (Å²) in [5, 5.41) is 0. The Morgan fingerprint density at radius 1 is 1.44 bits per heavy atom. The SMILES string of the molecule is NCc1coc(COCC2CCCCO2)c1. The molecule has 0 saturated carbocycles. The number of hydrogen-bond donors (Lipinski definition) is 1. The molecule has 0 aromatic carbocycles. The molecule has 2 N–H and O–H groups in total. The van der Waals surface area contributed by atoms with Crippen molar-refractivity contribution >= 4 is 0 Å². The van der Waals surface area contributed by atoms with E-state index in [9.17, 15) is 0 Å². The zero-order valence-corrected chi connectivity index (χ0v) is 9.48. The summed E-state index contributed by atoms with van der Waals surface area (Å²) in [7, 11) is 0. The van der Waals surface area contributed by atoms with E-state index in [0.29, 0.717) is 19.8 Å². The smallest absolute Gasteiger partial charge is 0.129 e. The lowest BCUT2D eigenvalue weighted by atomic mass is 10.1. The van der Waals surface area contributed by atoms with Crippen LogP contribution in [0.4, 0.5) is 0 Å². The maximum Gasteiger partial charge on any atom is 0.129 e. The third-order valence-corrected chi connectivity index (χ3v) is 2.77. The van der Waals surface area contributed by atoms with Crippen LogP contribution in [0.1, 0.15) is 30.6 Å². The molecule has 0 aliphatic carbocycles. The second-order valence-electron chi connectivity index (χ2n) is 4.13. The van der Waals surface area contributed by atoms with Gasteiger partial charge in [0.25, 0.3) is 0 Å². The summed E-state index contributed by atoms with van der Waals surface area (Å²) in [5.74, 6) is 0.830. The monoisotopic (exact) mass is 225 g/mol. The van der Waals surface area contributed by atoms with E-state index in [1.165, 1.54) is 12.8 Å². The quantitative estimate of drug-likeness (QED) is 0.830. The van der Waals surface area contributed by atoms with E-state index in [-0.39, 0.29) is 6.10 Å². The van der Waals surface area contributed by atoms with Crippen molar-refractivity contribution in [3.63, 3.8) is 0 Å². The van der Waals surface area contributed by atoms with E-state index < -0.39 is 0 Å². The van der Waals surface area contributed by atoms with Gasteiger partial charge in [-0.15, -0.1) is 0 Å². The summed E-state index contributed by atoms with van der Waals surface area (Å²) in [6.07, 6.45) is 5.46. The summed E-state index contributed by atoms with van der Waals surface area (Å²) < 4.78 is 16.4. The minimum absolute atomic E-state index is 0.262. The maximum atomic E-state index is 5.57. The molecule has 2 rings (SSSR count). The first-order valence-corrected chi connectivity index (χ1v) is 5.84. The van der Waals surface area contributed by atoms with E-state index in [4.69, 9.17) is 19.6 Å². The summed E-state index contributed by atoms with van der Waals surface area (Å²) in [6, 6.07) is 1.93. The Labute approximate surface area is 95.7 Å². The lowest BCUT2D eigenvalue weighted by Crippen LogP contribution is -2.24. The van der Waals surface area contributed by atoms with Crippen LogP contribution in [0.25, 0.3) is 0 Å². The average molecular weight is 225 g/mol. The predicted molar refractivity (Wildman–Crippen MR) is 59.8 cm³/mol. The number of furan rings is 1. The highest BCUT2D eigenvalue weighted by Crippen LogP contribution is 2.14. The van der Waals surface area contributed by atoms with Gasteiger partial charge >= 0.3 is 0 Å². The first-order chi connectivity index (χ1) is 7.88. The Morgan fingerprint density at radius 2 is 2.38 bits per heavy atom. The fourth-order valence-electron chi connectivity index (χ4n) is 1.84. The van der Waals surface area contributed by atoms with Crippen LogP contribution in [0.3, 0.4) is 0 Å². The van der Waals surface area contributed by atoms with Gasteiger partial charge in [0.1, 0.15) is 12.4 Å². The number of ether oxygens (including phenoxy) is 2. The van der Waals surface area contributed by atoms with Gasteiger partial charge in [-0.1, -0.05) is 0 Å². The van der Waals surface area contributed by atoms with Crippen LogP contribution >= 0.6 is 0 Å². The molecule has 0 bridgehead atoms. The zero-order valence-electron chi connectivity index (χ0n) is 9.48. The third-order valence-electron chi connectivity index (χ3n) is 2.77. The molecule has 4 heteroatoms.